The Morgan fingerprint density at radius 1 is 1.21 bits per heavy atom. The Balaban J connectivity index is 2.34. The van der Waals surface area contributed by atoms with Gasteiger partial charge in [0.1, 0.15) is 5.41 Å². The quantitative estimate of drug-likeness (QED) is 0.652. The van der Waals surface area contributed by atoms with Crippen molar-refractivity contribution in [3.63, 3.8) is 0 Å². The summed E-state index contributed by atoms with van der Waals surface area (Å²) < 4.78 is 0. The molecule has 3 nitrogen and oxygen atoms in total. The van der Waals surface area contributed by atoms with Crippen molar-refractivity contribution in [1.82, 2.24) is 0 Å². The Morgan fingerprint density at radius 2 is 1.86 bits per heavy atom. The molecule has 2 atom stereocenters. The summed E-state index contributed by atoms with van der Waals surface area (Å²) in [6, 6.07) is 0. The van der Waals surface area contributed by atoms with Gasteiger partial charge in [-0.3, -0.25) is 9.59 Å². The van der Waals surface area contributed by atoms with Crippen molar-refractivity contribution in [3.8, 4) is 0 Å². The Kier molecular flexibility index (Phi) is 2.33. The fraction of sp³-hybridized carbons (Fsp3) is 0.818. The molecule has 2 bridgehead atoms. The van der Waals surface area contributed by atoms with Crippen LogP contribution >= 0.6 is 0 Å². The smallest absolute Gasteiger partial charge is 0.317 e. The third kappa shape index (κ3) is 1.26. The summed E-state index contributed by atoms with van der Waals surface area (Å²) in [5, 5.41) is 9.22. The molecule has 0 saturated heterocycles. The monoisotopic (exact) mass is 196 g/mol. The number of carboxylic acids is 1. The average Bonchev–Trinajstić information content (AvgIpc) is 2.27. The fourth-order valence-electron chi connectivity index (χ4n) is 2.96. The summed E-state index contributed by atoms with van der Waals surface area (Å²) >= 11 is 0. The first-order valence-electron chi connectivity index (χ1n) is 5.44. The molecule has 2 fully saturated rings. The molecule has 0 heterocycles. The molecule has 0 spiro atoms. The molecule has 3 heteroatoms. The van der Waals surface area contributed by atoms with E-state index in [4.69, 9.17) is 0 Å². The molecule has 2 aliphatic rings. The number of Topliss-reactive ketones (excluding diaryl/α,β-unsaturated/α-hetero) is 1. The van der Waals surface area contributed by atoms with Gasteiger partial charge in [-0.25, -0.2) is 0 Å². The first-order valence-corrected chi connectivity index (χ1v) is 5.44. The lowest BCUT2D eigenvalue weighted by atomic mass is 9.67. The van der Waals surface area contributed by atoms with Gasteiger partial charge in [0.05, 0.1) is 0 Å². The minimum Gasteiger partial charge on any atom is -0.480 e. The van der Waals surface area contributed by atoms with Crippen molar-refractivity contribution < 1.29 is 14.7 Å². The number of hydrogen-bond acceptors (Lipinski definition) is 2. The van der Waals surface area contributed by atoms with E-state index in [1.165, 1.54) is 0 Å². The molecule has 2 aliphatic carbocycles. The molecule has 0 amide bonds. The van der Waals surface area contributed by atoms with E-state index in [2.05, 4.69) is 0 Å². The number of hydrogen-bond donors (Lipinski definition) is 1. The predicted octanol–water partition coefficient (Wildman–Crippen LogP) is 2.00. The fourth-order valence-corrected chi connectivity index (χ4v) is 2.96. The van der Waals surface area contributed by atoms with Crippen molar-refractivity contribution in [3.05, 3.63) is 0 Å². The number of rotatable bonds is 1. The lowest BCUT2D eigenvalue weighted by Crippen LogP contribution is -2.44. The maximum absolute atomic E-state index is 12.0. The minimum absolute atomic E-state index is 0.0220. The van der Waals surface area contributed by atoms with E-state index in [0.717, 1.165) is 32.1 Å². The van der Waals surface area contributed by atoms with Crippen LogP contribution in [0.1, 0.15) is 44.9 Å². The summed E-state index contributed by atoms with van der Waals surface area (Å²) in [4.78, 5) is 23.2. The van der Waals surface area contributed by atoms with Crippen molar-refractivity contribution in [2.24, 2.45) is 11.3 Å². The zero-order chi connectivity index (χ0) is 10.2. The van der Waals surface area contributed by atoms with Crippen LogP contribution in [0.25, 0.3) is 0 Å². The molecule has 1 N–H and O–H groups in total. The molecular formula is C11H16O3. The second-order valence-electron chi connectivity index (χ2n) is 4.59. The second kappa shape index (κ2) is 3.37. The van der Waals surface area contributed by atoms with Crippen LogP contribution in [0.3, 0.4) is 0 Å². The molecule has 0 aromatic heterocycles. The SMILES string of the molecule is O=C(O)C12CCCCC(CCC1)C2=O. The number of aliphatic carboxylic acids is 1. The van der Waals surface area contributed by atoms with Crippen LogP contribution in [0, 0.1) is 11.3 Å². The van der Waals surface area contributed by atoms with E-state index >= 15 is 0 Å². The zero-order valence-electron chi connectivity index (χ0n) is 8.29. The van der Waals surface area contributed by atoms with Crippen LogP contribution in [-0.2, 0) is 9.59 Å². The van der Waals surface area contributed by atoms with E-state index in [-0.39, 0.29) is 11.7 Å². The van der Waals surface area contributed by atoms with Crippen molar-refractivity contribution in [2.45, 2.75) is 44.9 Å². The van der Waals surface area contributed by atoms with Gasteiger partial charge in [0, 0.05) is 5.92 Å². The predicted molar refractivity (Wildman–Crippen MR) is 50.9 cm³/mol. The van der Waals surface area contributed by atoms with E-state index in [1.54, 1.807) is 0 Å². The number of fused-ring (bicyclic) bond motifs is 2. The van der Waals surface area contributed by atoms with E-state index < -0.39 is 11.4 Å². The summed E-state index contributed by atoms with van der Waals surface area (Å²) in [6.45, 7) is 0. The van der Waals surface area contributed by atoms with Gasteiger partial charge in [-0.2, -0.15) is 0 Å². The molecule has 0 aliphatic heterocycles. The molecule has 0 aromatic rings. The van der Waals surface area contributed by atoms with Crippen LogP contribution < -0.4 is 0 Å². The molecule has 0 aromatic carbocycles. The molecule has 2 saturated carbocycles. The molecular weight excluding hydrogens is 180 g/mol. The number of carbonyl (C=O) groups excluding carboxylic acids is 1. The first kappa shape index (κ1) is 9.69. The highest BCUT2D eigenvalue weighted by Crippen LogP contribution is 2.44. The van der Waals surface area contributed by atoms with Gasteiger partial charge in [0.25, 0.3) is 0 Å². The number of carboxylic acid groups (broad SMARTS) is 1. The van der Waals surface area contributed by atoms with Crippen molar-refractivity contribution >= 4 is 11.8 Å². The van der Waals surface area contributed by atoms with Crippen LogP contribution in [0.5, 0.6) is 0 Å². The van der Waals surface area contributed by atoms with Gasteiger partial charge in [-0.1, -0.05) is 19.3 Å². The maximum atomic E-state index is 12.0. The molecule has 78 valence electrons. The van der Waals surface area contributed by atoms with E-state index in [0.29, 0.717) is 12.8 Å². The number of carbonyl (C=O) groups is 2. The summed E-state index contributed by atoms with van der Waals surface area (Å²) in [5.41, 5.74) is -1.00. The van der Waals surface area contributed by atoms with Crippen LogP contribution in [0.15, 0.2) is 0 Å². The summed E-state index contributed by atoms with van der Waals surface area (Å²) in [5.74, 6) is -0.815. The lowest BCUT2D eigenvalue weighted by Gasteiger charge is -2.33. The number of ketones is 1. The molecule has 2 unspecified atom stereocenters. The minimum atomic E-state index is -1.00. The highest BCUT2D eigenvalue weighted by molar-refractivity contribution is 6.04. The zero-order valence-corrected chi connectivity index (χ0v) is 8.29. The topological polar surface area (TPSA) is 54.4 Å². The lowest BCUT2D eigenvalue weighted by molar-refractivity contribution is -0.159. The molecule has 0 radical (unpaired) electrons. The average molecular weight is 196 g/mol. The molecule has 2 rings (SSSR count). The van der Waals surface area contributed by atoms with Gasteiger partial charge < -0.3 is 5.11 Å². The van der Waals surface area contributed by atoms with Crippen LogP contribution in [0.2, 0.25) is 0 Å². The summed E-state index contributed by atoms with van der Waals surface area (Å²) in [7, 11) is 0. The Hall–Kier alpha value is -0.860. The van der Waals surface area contributed by atoms with E-state index in [9.17, 15) is 14.7 Å². The Labute approximate surface area is 83.5 Å². The standard InChI is InChI=1S/C11H16O3/c12-9-8-4-1-2-6-11(9,10(13)14)7-3-5-8/h8H,1-7H2,(H,13,14). The summed E-state index contributed by atoms with van der Waals surface area (Å²) in [6.07, 6.45) is 5.78. The maximum Gasteiger partial charge on any atom is 0.317 e. The van der Waals surface area contributed by atoms with Gasteiger partial charge in [0.15, 0.2) is 5.78 Å². The van der Waals surface area contributed by atoms with Crippen molar-refractivity contribution in [1.29, 1.82) is 0 Å². The van der Waals surface area contributed by atoms with Gasteiger partial charge >= 0.3 is 5.97 Å². The van der Waals surface area contributed by atoms with Crippen LogP contribution in [-0.4, -0.2) is 16.9 Å². The third-order valence-corrected chi connectivity index (χ3v) is 3.81. The first-order chi connectivity index (χ1) is 6.67. The van der Waals surface area contributed by atoms with E-state index in [1.807, 2.05) is 0 Å². The van der Waals surface area contributed by atoms with Gasteiger partial charge in [-0.05, 0) is 25.7 Å². The van der Waals surface area contributed by atoms with Crippen molar-refractivity contribution in [2.75, 3.05) is 0 Å². The molecule has 14 heavy (non-hydrogen) atoms. The normalized spacial score (nSPS) is 37.7. The second-order valence-corrected chi connectivity index (χ2v) is 4.59. The van der Waals surface area contributed by atoms with Crippen LogP contribution in [0.4, 0.5) is 0 Å². The van der Waals surface area contributed by atoms with Gasteiger partial charge in [-0.15, -0.1) is 0 Å². The highest BCUT2D eigenvalue weighted by atomic mass is 16.4. The highest BCUT2D eigenvalue weighted by Gasteiger charge is 2.50. The van der Waals surface area contributed by atoms with Gasteiger partial charge in [0.2, 0.25) is 0 Å². The Morgan fingerprint density at radius 3 is 2.57 bits per heavy atom. The Bertz CT molecular complexity index is 272. The largest absolute Gasteiger partial charge is 0.480 e. The third-order valence-electron chi connectivity index (χ3n) is 3.81.